The molecule has 0 atom stereocenters. The summed E-state index contributed by atoms with van der Waals surface area (Å²) in [7, 11) is 0. The Morgan fingerprint density at radius 1 is 1.35 bits per heavy atom. The maximum Gasteiger partial charge on any atom is 0.251 e. The molecule has 1 aromatic heterocycles. The minimum atomic E-state index is -0.121. The van der Waals surface area contributed by atoms with Gasteiger partial charge in [0, 0.05) is 30.3 Å². The molecule has 0 unspecified atom stereocenters. The third-order valence-corrected chi connectivity index (χ3v) is 2.49. The van der Waals surface area contributed by atoms with Crippen LogP contribution in [0.2, 0.25) is 0 Å². The summed E-state index contributed by atoms with van der Waals surface area (Å²) in [4.78, 5) is 15.9. The number of benzene rings is 1. The average molecular weight is 230 g/mol. The number of aliphatic hydroxyl groups excluding tert-OH is 1. The number of nitrogens with one attached hydrogen (secondary N) is 1. The van der Waals surface area contributed by atoms with E-state index < -0.39 is 0 Å². The van der Waals surface area contributed by atoms with Gasteiger partial charge in [0.15, 0.2) is 0 Å². The molecular weight excluding hydrogens is 216 g/mol. The molecule has 0 saturated carbocycles. The van der Waals surface area contributed by atoms with Crippen LogP contribution in [0.15, 0.2) is 36.5 Å². The standard InChI is InChI=1S/C13H14N2O2/c16-8-2-7-15-13(17)11-4-5-12-10(9-11)3-1-6-14-12/h1,3-6,9,16H,2,7-8H2,(H,15,17). The first-order valence-electron chi connectivity index (χ1n) is 5.55. The van der Waals surface area contributed by atoms with Crippen molar-refractivity contribution in [1.29, 1.82) is 0 Å². The van der Waals surface area contributed by atoms with E-state index in [1.165, 1.54) is 0 Å². The number of carbonyl (C=O) groups is 1. The summed E-state index contributed by atoms with van der Waals surface area (Å²) in [5, 5.41) is 12.3. The van der Waals surface area contributed by atoms with Crippen molar-refractivity contribution in [3.05, 3.63) is 42.1 Å². The Bertz CT molecular complexity index is 526. The molecular formula is C13H14N2O2. The van der Waals surface area contributed by atoms with Crippen LogP contribution >= 0.6 is 0 Å². The van der Waals surface area contributed by atoms with Crippen molar-refractivity contribution < 1.29 is 9.90 Å². The predicted octanol–water partition coefficient (Wildman–Crippen LogP) is 1.35. The van der Waals surface area contributed by atoms with Crippen LogP contribution in [0.3, 0.4) is 0 Å². The summed E-state index contributed by atoms with van der Waals surface area (Å²) in [5.41, 5.74) is 1.49. The van der Waals surface area contributed by atoms with Gasteiger partial charge in [0.1, 0.15) is 0 Å². The quantitative estimate of drug-likeness (QED) is 0.779. The molecule has 2 rings (SSSR count). The third kappa shape index (κ3) is 2.79. The molecule has 1 heterocycles. The van der Waals surface area contributed by atoms with Crippen molar-refractivity contribution in [3.8, 4) is 0 Å². The Balaban J connectivity index is 2.15. The van der Waals surface area contributed by atoms with Gasteiger partial charge in [-0.25, -0.2) is 0 Å². The second kappa shape index (κ2) is 5.41. The Kier molecular flexibility index (Phi) is 3.67. The van der Waals surface area contributed by atoms with Crippen LogP contribution in [0.4, 0.5) is 0 Å². The minimum absolute atomic E-state index is 0.0852. The zero-order chi connectivity index (χ0) is 12.1. The van der Waals surface area contributed by atoms with Crippen molar-refractivity contribution in [3.63, 3.8) is 0 Å². The molecule has 0 bridgehead atoms. The largest absolute Gasteiger partial charge is 0.396 e. The number of carbonyl (C=O) groups excluding carboxylic acids is 1. The number of amides is 1. The Hall–Kier alpha value is -1.94. The van der Waals surface area contributed by atoms with Gasteiger partial charge in [-0.2, -0.15) is 0 Å². The van der Waals surface area contributed by atoms with E-state index in [1.807, 2.05) is 24.3 Å². The molecule has 2 N–H and O–H groups in total. The van der Waals surface area contributed by atoms with Gasteiger partial charge in [0.05, 0.1) is 5.52 Å². The minimum Gasteiger partial charge on any atom is -0.396 e. The van der Waals surface area contributed by atoms with Gasteiger partial charge in [-0.15, -0.1) is 0 Å². The molecule has 0 saturated heterocycles. The second-order valence-electron chi connectivity index (χ2n) is 3.74. The molecule has 0 aliphatic carbocycles. The van der Waals surface area contributed by atoms with E-state index in [9.17, 15) is 4.79 Å². The lowest BCUT2D eigenvalue weighted by Gasteiger charge is -2.05. The first-order valence-corrected chi connectivity index (χ1v) is 5.55. The summed E-state index contributed by atoms with van der Waals surface area (Å²) >= 11 is 0. The summed E-state index contributed by atoms with van der Waals surface area (Å²) in [6, 6.07) is 9.17. The molecule has 88 valence electrons. The number of nitrogens with zero attached hydrogens (tertiary/aromatic N) is 1. The smallest absolute Gasteiger partial charge is 0.251 e. The van der Waals surface area contributed by atoms with Gasteiger partial charge >= 0.3 is 0 Å². The molecule has 0 spiro atoms. The summed E-state index contributed by atoms with van der Waals surface area (Å²) < 4.78 is 0. The number of rotatable bonds is 4. The van der Waals surface area contributed by atoms with Crippen LogP contribution in [0.5, 0.6) is 0 Å². The van der Waals surface area contributed by atoms with E-state index in [0.717, 1.165) is 10.9 Å². The molecule has 2 aromatic rings. The zero-order valence-corrected chi connectivity index (χ0v) is 9.39. The molecule has 0 aliphatic rings. The van der Waals surface area contributed by atoms with Crippen molar-refractivity contribution in [2.24, 2.45) is 0 Å². The fourth-order valence-corrected chi connectivity index (χ4v) is 1.60. The van der Waals surface area contributed by atoms with Crippen molar-refractivity contribution in [1.82, 2.24) is 10.3 Å². The highest BCUT2D eigenvalue weighted by atomic mass is 16.3. The SMILES string of the molecule is O=C(NCCCO)c1ccc2ncccc2c1. The lowest BCUT2D eigenvalue weighted by molar-refractivity contribution is 0.0951. The lowest BCUT2D eigenvalue weighted by Crippen LogP contribution is -2.24. The highest BCUT2D eigenvalue weighted by molar-refractivity contribution is 5.97. The van der Waals surface area contributed by atoms with Crippen molar-refractivity contribution in [2.45, 2.75) is 6.42 Å². The fourth-order valence-electron chi connectivity index (χ4n) is 1.60. The molecule has 0 aliphatic heterocycles. The van der Waals surface area contributed by atoms with Crippen molar-refractivity contribution >= 4 is 16.8 Å². The van der Waals surface area contributed by atoms with Gasteiger partial charge in [-0.3, -0.25) is 9.78 Å². The number of hydrogen-bond donors (Lipinski definition) is 2. The topological polar surface area (TPSA) is 62.2 Å². The maximum absolute atomic E-state index is 11.8. The molecule has 17 heavy (non-hydrogen) atoms. The van der Waals surface area contributed by atoms with Crippen LogP contribution in [-0.2, 0) is 0 Å². The predicted molar refractivity (Wildman–Crippen MR) is 65.8 cm³/mol. The van der Waals surface area contributed by atoms with Crippen LogP contribution < -0.4 is 5.32 Å². The van der Waals surface area contributed by atoms with Crippen LogP contribution in [0.25, 0.3) is 10.9 Å². The van der Waals surface area contributed by atoms with Gasteiger partial charge in [-0.1, -0.05) is 6.07 Å². The Labute approximate surface area is 99.3 Å². The molecule has 4 nitrogen and oxygen atoms in total. The number of hydrogen-bond acceptors (Lipinski definition) is 3. The van der Waals surface area contributed by atoms with Crippen LogP contribution in [-0.4, -0.2) is 29.1 Å². The maximum atomic E-state index is 11.8. The van der Waals surface area contributed by atoms with E-state index in [-0.39, 0.29) is 12.5 Å². The number of aromatic nitrogens is 1. The summed E-state index contributed by atoms with van der Waals surface area (Å²) in [6.07, 6.45) is 2.30. The normalized spacial score (nSPS) is 10.4. The van der Waals surface area contributed by atoms with E-state index in [4.69, 9.17) is 5.11 Å². The van der Waals surface area contributed by atoms with Crippen molar-refractivity contribution in [2.75, 3.05) is 13.2 Å². The van der Waals surface area contributed by atoms with Crippen LogP contribution in [0, 0.1) is 0 Å². The highest BCUT2D eigenvalue weighted by Crippen LogP contribution is 2.13. The average Bonchev–Trinajstić information content (AvgIpc) is 2.38. The molecule has 1 amide bonds. The Morgan fingerprint density at radius 2 is 2.24 bits per heavy atom. The first-order chi connectivity index (χ1) is 8.31. The second-order valence-corrected chi connectivity index (χ2v) is 3.74. The number of pyridine rings is 1. The molecule has 0 fully saturated rings. The third-order valence-electron chi connectivity index (χ3n) is 2.49. The van der Waals surface area contributed by atoms with E-state index >= 15 is 0 Å². The molecule has 1 aromatic carbocycles. The highest BCUT2D eigenvalue weighted by Gasteiger charge is 2.05. The van der Waals surface area contributed by atoms with E-state index in [0.29, 0.717) is 18.5 Å². The van der Waals surface area contributed by atoms with Gasteiger partial charge < -0.3 is 10.4 Å². The Morgan fingerprint density at radius 3 is 3.06 bits per heavy atom. The zero-order valence-electron chi connectivity index (χ0n) is 9.39. The monoisotopic (exact) mass is 230 g/mol. The number of fused-ring (bicyclic) bond motifs is 1. The fraction of sp³-hybridized carbons (Fsp3) is 0.231. The summed E-state index contributed by atoms with van der Waals surface area (Å²) in [5.74, 6) is -0.121. The van der Waals surface area contributed by atoms with E-state index in [2.05, 4.69) is 10.3 Å². The first kappa shape index (κ1) is 11.5. The van der Waals surface area contributed by atoms with Gasteiger partial charge in [-0.05, 0) is 30.7 Å². The van der Waals surface area contributed by atoms with Gasteiger partial charge in [0.2, 0.25) is 0 Å². The van der Waals surface area contributed by atoms with E-state index in [1.54, 1.807) is 12.3 Å². The van der Waals surface area contributed by atoms with Gasteiger partial charge in [0.25, 0.3) is 5.91 Å². The molecule has 4 heteroatoms. The molecule has 0 radical (unpaired) electrons. The summed E-state index contributed by atoms with van der Waals surface area (Å²) in [6.45, 7) is 0.572. The van der Waals surface area contributed by atoms with Crippen LogP contribution in [0.1, 0.15) is 16.8 Å². The lowest BCUT2D eigenvalue weighted by atomic mass is 10.1. The number of aliphatic hydroxyl groups is 1.